The molecule has 0 bridgehead atoms. The van der Waals surface area contributed by atoms with Gasteiger partial charge in [0, 0.05) is 0 Å². The topological polar surface area (TPSA) is 55.4 Å². The van der Waals surface area contributed by atoms with E-state index in [-0.39, 0.29) is 5.56 Å². The molecule has 4 nitrogen and oxygen atoms in total. The number of halogens is 2. The lowest BCUT2D eigenvalue weighted by molar-refractivity contribution is -0.119. The third-order valence-electron chi connectivity index (χ3n) is 3.12. The van der Waals surface area contributed by atoms with E-state index in [1.807, 2.05) is 13.0 Å². The summed E-state index contributed by atoms with van der Waals surface area (Å²) in [6.07, 6.45) is 0. The predicted octanol–water partition coefficient (Wildman–Crippen LogP) is 3.89. The Bertz CT molecular complexity index is 738. The lowest BCUT2D eigenvalue weighted by Crippen LogP contribution is -2.22. The lowest BCUT2D eigenvalue weighted by atomic mass is 10.1. The summed E-state index contributed by atoms with van der Waals surface area (Å²) in [5.41, 5.74) is 2.01. The van der Waals surface area contributed by atoms with E-state index in [0.29, 0.717) is 10.7 Å². The highest BCUT2D eigenvalue weighted by molar-refractivity contribution is 6.34. The molecule has 0 saturated heterocycles. The Balaban J connectivity index is 1.99. The molecule has 0 heterocycles. The van der Waals surface area contributed by atoms with Crippen molar-refractivity contribution in [1.82, 2.24) is 0 Å². The average molecular weight is 336 g/mol. The van der Waals surface area contributed by atoms with Crippen LogP contribution in [0.25, 0.3) is 0 Å². The summed E-state index contributed by atoms with van der Waals surface area (Å²) >= 11 is 6.09. The van der Waals surface area contributed by atoms with Gasteiger partial charge in [-0.25, -0.2) is 9.18 Å². The lowest BCUT2D eigenvalue weighted by Gasteiger charge is -2.12. The van der Waals surface area contributed by atoms with Gasteiger partial charge in [0.2, 0.25) is 0 Å². The second kappa shape index (κ2) is 7.24. The number of amides is 1. The fraction of sp³-hybridized carbons (Fsp3) is 0.176. The Kier molecular flexibility index (Phi) is 5.34. The van der Waals surface area contributed by atoms with Gasteiger partial charge < -0.3 is 10.1 Å². The van der Waals surface area contributed by atoms with Crippen LogP contribution in [0, 0.1) is 19.7 Å². The van der Waals surface area contributed by atoms with Crippen molar-refractivity contribution in [2.45, 2.75) is 13.8 Å². The van der Waals surface area contributed by atoms with Gasteiger partial charge in [0.15, 0.2) is 6.61 Å². The molecule has 6 heteroatoms. The smallest absolute Gasteiger partial charge is 0.341 e. The Morgan fingerprint density at radius 1 is 1.22 bits per heavy atom. The number of esters is 1. The number of hydrogen-bond donors (Lipinski definition) is 1. The Morgan fingerprint density at radius 3 is 2.57 bits per heavy atom. The molecule has 0 spiro atoms. The van der Waals surface area contributed by atoms with E-state index < -0.39 is 24.3 Å². The second-order valence-electron chi connectivity index (χ2n) is 5.04. The van der Waals surface area contributed by atoms with Crippen molar-refractivity contribution in [3.63, 3.8) is 0 Å². The molecule has 120 valence electrons. The quantitative estimate of drug-likeness (QED) is 0.862. The van der Waals surface area contributed by atoms with E-state index in [0.717, 1.165) is 17.2 Å². The van der Waals surface area contributed by atoms with Crippen molar-refractivity contribution in [2.75, 3.05) is 11.9 Å². The first-order valence-corrected chi connectivity index (χ1v) is 7.24. The number of hydrogen-bond acceptors (Lipinski definition) is 3. The number of anilines is 1. The number of nitrogens with one attached hydrogen (secondary N) is 1. The van der Waals surface area contributed by atoms with Gasteiger partial charge in [-0.3, -0.25) is 4.79 Å². The van der Waals surface area contributed by atoms with Crippen LogP contribution < -0.4 is 5.32 Å². The maximum atomic E-state index is 13.4. The summed E-state index contributed by atoms with van der Waals surface area (Å²) in [5.74, 6) is -2.15. The van der Waals surface area contributed by atoms with Gasteiger partial charge in [0.1, 0.15) is 5.82 Å². The number of benzene rings is 2. The van der Waals surface area contributed by atoms with E-state index in [4.69, 9.17) is 16.3 Å². The molecule has 23 heavy (non-hydrogen) atoms. The molecule has 0 saturated carbocycles. The minimum absolute atomic E-state index is 0.218. The van der Waals surface area contributed by atoms with E-state index >= 15 is 0 Å². The van der Waals surface area contributed by atoms with Crippen LogP contribution in [0.3, 0.4) is 0 Å². The maximum Gasteiger partial charge on any atom is 0.341 e. The van der Waals surface area contributed by atoms with Gasteiger partial charge in [0.25, 0.3) is 5.91 Å². The molecule has 0 aromatic heterocycles. The zero-order valence-electron chi connectivity index (χ0n) is 12.7. The van der Waals surface area contributed by atoms with Crippen molar-refractivity contribution < 1.29 is 18.7 Å². The third kappa shape index (κ3) is 4.29. The number of ether oxygens (including phenoxy) is 1. The van der Waals surface area contributed by atoms with E-state index in [1.165, 1.54) is 18.2 Å². The van der Waals surface area contributed by atoms with Crippen LogP contribution in [0.2, 0.25) is 5.02 Å². The molecule has 2 aromatic rings. The number of rotatable bonds is 4. The molecule has 0 aliphatic heterocycles. The van der Waals surface area contributed by atoms with Crippen molar-refractivity contribution in [1.29, 1.82) is 0 Å². The predicted molar refractivity (Wildman–Crippen MR) is 86.2 cm³/mol. The molecule has 0 radical (unpaired) electrons. The highest BCUT2D eigenvalue weighted by Gasteiger charge is 2.15. The molecule has 0 atom stereocenters. The Morgan fingerprint density at radius 2 is 1.91 bits per heavy atom. The summed E-state index contributed by atoms with van der Waals surface area (Å²) < 4.78 is 18.2. The normalized spacial score (nSPS) is 10.3. The van der Waals surface area contributed by atoms with Crippen LogP contribution >= 0.6 is 11.6 Å². The zero-order valence-corrected chi connectivity index (χ0v) is 13.4. The third-order valence-corrected chi connectivity index (χ3v) is 3.42. The molecule has 1 N–H and O–H groups in total. The molecule has 0 fully saturated rings. The molecule has 0 unspecified atom stereocenters. The van der Waals surface area contributed by atoms with Gasteiger partial charge in [-0.05, 0) is 43.2 Å². The standard InChI is InChI=1S/C17H15ClFNO3/c1-10-7-11(2)16(13(18)8-10)20-15(21)9-23-17(22)12-5-3-4-6-14(12)19/h3-8H,9H2,1-2H3,(H,20,21). The highest BCUT2D eigenvalue weighted by Crippen LogP contribution is 2.27. The molecule has 2 rings (SSSR count). The number of carbonyl (C=O) groups is 2. The minimum Gasteiger partial charge on any atom is -0.452 e. The monoisotopic (exact) mass is 335 g/mol. The van der Waals surface area contributed by atoms with Crippen LogP contribution in [0.15, 0.2) is 36.4 Å². The van der Waals surface area contributed by atoms with Crippen LogP contribution in [-0.2, 0) is 9.53 Å². The average Bonchev–Trinajstić information content (AvgIpc) is 2.49. The number of carbonyl (C=O) groups excluding carboxylic acids is 2. The van der Waals surface area contributed by atoms with Gasteiger partial charge in [-0.1, -0.05) is 29.8 Å². The summed E-state index contributed by atoms with van der Waals surface area (Å²) in [4.78, 5) is 23.6. The van der Waals surface area contributed by atoms with Gasteiger partial charge in [-0.2, -0.15) is 0 Å². The SMILES string of the molecule is Cc1cc(C)c(NC(=O)COC(=O)c2ccccc2F)c(Cl)c1. The second-order valence-corrected chi connectivity index (χ2v) is 5.45. The molecule has 0 aliphatic rings. The summed E-state index contributed by atoms with van der Waals surface area (Å²) in [7, 11) is 0. The Hall–Kier alpha value is -2.40. The molecular formula is C17H15ClFNO3. The number of aryl methyl sites for hydroxylation is 2. The first kappa shape index (κ1) is 17.0. The van der Waals surface area contributed by atoms with Gasteiger partial charge >= 0.3 is 5.97 Å². The maximum absolute atomic E-state index is 13.4. The van der Waals surface area contributed by atoms with Crippen molar-refractivity contribution in [3.05, 3.63) is 63.9 Å². The van der Waals surface area contributed by atoms with Crippen LogP contribution in [0.4, 0.5) is 10.1 Å². The first-order chi connectivity index (χ1) is 10.9. The summed E-state index contributed by atoms with van der Waals surface area (Å²) in [5, 5.41) is 2.98. The van der Waals surface area contributed by atoms with E-state index in [1.54, 1.807) is 13.0 Å². The van der Waals surface area contributed by atoms with Crippen molar-refractivity contribution >= 4 is 29.2 Å². The van der Waals surface area contributed by atoms with Crippen LogP contribution in [-0.4, -0.2) is 18.5 Å². The molecular weight excluding hydrogens is 321 g/mol. The zero-order chi connectivity index (χ0) is 17.0. The highest BCUT2D eigenvalue weighted by atomic mass is 35.5. The summed E-state index contributed by atoms with van der Waals surface area (Å²) in [6.45, 7) is 3.16. The van der Waals surface area contributed by atoms with Crippen LogP contribution in [0.5, 0.6) is 0 Å². The molecule has 2 aromatic carbocycles. The minimum atomic E-state index is -0.898. The van der Waals surface area contributed by atoms with Crippen molar-refractivity contribution in [3.8, 4) is 0 Å². The fourth-order valence-corrected chi connectivity index (χ4v) is 2.45. The van der Waals surface area contributed by atoms with E-state index in [2.05, 4.69) is 5.32 Å². The summed E-state index contributed by atoms with van der Waals surface area (Å²) in [6, 6.07) is 8.99. The van der Waals surface area contributed by atoms with Crippen LogP contribution in [0.1, 0.15) is 21.5 Å². The Labute approximate surface area is 138 Å². The first-order valence-electron chi connectivity index (χ1n) is 6.86. The van der Waals surface area contributed by atoms with Gasteiger partial charge in [-0.15, -0.1) is 0 Å². The molecule has 0 aliphatic carbocycles. The largest absolute Gasteiger partial charge is 0.452 e. The van der Waals surface area contributed by atoms with Crippen molar-refractivity contribution in [2.24, 2.45) is 0 Å². The fourth-order valence-electron chi connectivity index (χ4n) is 2.09. The molecule has 1 amide bonds. The van der Waals surface area contributed by atoms with Gasteiger partial charge in [0.05, 0.1) is 16.3 Å². The van der Waals surface area contributed by atoms with E-state index in [9.17, 15) is 14.0 Å².